The monoisotopic (exact) mass is 254 g/mol. The second kappa shape index (κ2) is 7.30. The van der Waals surface area contributed by atoms with Gasteiger partial charge in [0, 0.05) is 13.1 Å². The largest absolute Gasteiger partial charge is 0.351 e. The molecule has 0 saturated carbocycles. The summed E-state index contributed by atoms with van der Waals surface area (Å²) in [5.41, 5.74) is 1.59. The summed E-state index contributed by atoms with van der Waals surface area (Å²) in [6.07, 6.45) is 1.09. The molecule has 0 fully saturated rings. The molecule has 94 valence electrons. The van der Waals surface area contributed by atoms with Crippen molar-refractivity contribution in [3.05, 3.63) is 34.3 Å². The molecule has 0 aliphatic heterocycles. The van der Waals surface area contributed by atoms with Gasteiger partial charge in [-0.2, -0.15) is 0 Å². The van der Waals surface area contributed by atoms with Crippen molar-refractivity contribution >= 4 is 17.5 Å². The van der Waals surface area contributed by atoms with Gasteiger partial charge in [0.2, 0.25) is 0 Å². The Morgan fingerprint density at radius 3 is 2.71 bits per heavy atom. The summed E-state index contributed by atoms with van der Waals surface area (Å²) >= 11 is 6.01. The molecule has 0 atom stereocenters. The molecule has 0 radical (unpaired) electrons. The van der Waals surface area contributed by atoms with Gasteiger partial charge in [0.05, 0.1) is 10.6 Å². The van der Waals surface area contributed by atoms with Crippen LogP contribution in [0.1, 0.15) is 29.3 Å². The van der Waals surface area contributed by atoms with Crippen LogP contribution in [0.3, 0.4) is 0 Å². The van der Waals surface area contributed by atoms with Crippen molar-refractivity contribution in [2.24, 2.45) is 0 Å². The molecule has 0 spiro atoms. The Hall–Kier alpha value is -1.06. The van der Waals surface area contributed by atoms with Crippen LogP contribution in [-0.4, -0.2) is 25.5 Å². The summed E-state index contributed by atoms with van der Waals surface area (Å²) in [5, 5.41) is 6.55. The Labute approximate surface area is 108 Å². The van der Waals surface area contributed by atoms with Gasteiger partial charge in [-0.1, -0.05) is 24.6 Å². The summed E-state index contributed by atoms with van der Waals surface area (Å²) < 4.78 is 0. The highest BCUT2D eigenvalue weighted by atomic mass is 35.5. The quantitative estimate of drug-likeness (QED) is 0.766. The lowest BCUT2D eigenvalue weighted by Gasteiger charge is -2.07. The second-order valence-electron chi connectivity index (χ2n) is 3.99. The number of aryl methyl sites for hydroxylation is 1. The van der Waals surface area contributed by atoms with Crippen molar-refractivity contribution < 1.29 is 4.79 Å². The molecule has 1 amide bonds. The van der Waals surface area contributed by atoms with Crippen LogP contribution in [0.2, 0.25) is 5.02 Å². The zero-order valence-corrected chi connectivity index (χ0v) is 11.1. The van der Waals surface area contributed by atoms with Crippen LogP contribution < -0.4 is 10.6 Å². The molecule has 0 heterocycles. The average molecular weight is 255 g/mol. The minimum absolute atomic E-state index is 0.117. The van der Waals surface area contributed by atoms with Gasteiger partial charge in [0.15, 0.2) is 0 Å². The summed E-state index contributed by atoms with van der Waals surface area (Å²) in [4.78, 5) is 11.8. The first-order valence-corrected chi connectivity index (χ1v) is 6.28. The number of rotatable bonds is 6. The Morgan fingerprint density at radius 2 is 2.06 bits per heavy atom. The lowest BCUT2D eigenvalue weighted by atomic mass is 10.1. The number of amides is 1. The van der Waals surface area contributed by atoms with Crippen LogP contribution in [0.5, 0.6) is 0 Å². The average Bonchev–Trinajstić information content (AvgIpc) is 2.28. The standard InChI is InChI=1S/C13H19ClN2O/c1-3-6-15-7-8-16-13(17)11-5-4-10(2)9-12(11)14/h4-5,9,15H,3,6-8H2,1-2H3,(H,16,17). The number of carbonyl (C=O) groups is 1. The number of benzene rings is 1. The van der Waals surface area contributed by atoms with E-state index >= 15 is 0 Å². The van der Waals surface area contributed by atoms with Gasteiger partial charge in [0.1, 0.15) is 0 Å². The molecule has 4 heteroatoms. The Bertz CT molecular complexity index is 380. The van der Waals surface area contributed by atoms with Gasteiger partial charge in [-0.25, -0.2) is 0 Å². The van der Waals surface area contributed by atoms with Crippen LogP contribution >= 0.6 is 11.6 Å². The van der Waals surface area contributed by atoms with Crippen LogP contribution in [0, 0.1) is 6.92 Å². The lowest BCUT2D eigenvalue weighted by molar-refractivity contribution is 0.0954. The Kier molecular flexibility index (Phi) is 6.01. The van der Waals surface area contributed by atoms with Crippen LogP contribution in [0.25, 0.3) is 0 Å². The van der Waals surface area contributed by atoms with Gasteiger partial charge in [-0.15, -0.1) is 0 Å². The topological polar surface area (TPSA) is 41.1 Å². The molecule has 0 unspecified atom stereocenters. The minimum Gasteiger partial charge on any atom is -0.351 e. The predicted octanol–water partition coefficient (Wildman–Crippen LogP) is 2.38. The molecule has 0 aliphatic rings. The second-order valence-corrected chi connectivity index (χ2v) is 4.40. The van der Waals surface area contributed by atoms with Crippen molar-refractivity contribution in [3.8, 4) is 0 Å². The highest BCUT2D eigenvalue weighted by Crippen LogP contribution is 2.17. The summed E-state index contributed by atoms with van der Waals surface area (Å²) in [6, 6.07) is 5.44. The highest BCUT2D eigenvalue weighted by Gasteiger charge is 2.08. The van der Waals surface area contributed by atoms with Crippen molar-refractivity contribution in [3.63, 3.8) is 0 Å². The fourth-order valence-electron chi connectivity index (χ4n) is 1.47. The Balaban J connectivity index is 2.42. The Morgan fingerprint density at radius 1 is 1.29 bits per heavy atom. The van der Waals surface area contributed by atoms with Gasteiger partial charge >= 0.3 is 0 Å². The SMILES string of the molecule is CCCNCCNC(=O)c1ccc(C)cc1Cl. The van der Waals surface area contributed by atoms with E-state index in [-0.39, 0.29) is 5.91 Å². The van der Waals surface area contributed by atoms with E-state index < -0.39 is 0 Å². The van der Waals surface area contributed by atoms with Gasteiger partial charge < -0.3 is 10.6 Å². The van der Waals surface area contributed by atoms with Crippen LogP contribution in [-0.2, 0) is 0 Å². The van der Waals surface area contributed by atoms with E-state index in [1.807, 2.05) is 13.0 Å². The zero-order valence-electron chi connectivity index (χ0n) is 10.3. The van der Waals surface area contributed by atoms with Gasteiger partial charge in [-0.05, 0) is 37.6 Å². The van der Waals surface area contributed by atoms with E-state index in [0.29, 0.717) is 17.1 Å². The maximum atomic E-state index is 11.8. The number of carbonyl (C=O) groups excluding carboxylic acids is 1. The van der Waals surface area contributed by atoms with Gasteiger partial charge in [0.25, 0.3) is 5.91 Å². The third kappa shape index (κ3) is 4.75. The smallest absolute Gasteiger partial charge is 0.252 e. The highest BCUT2D eigenvalue weighted by molar-refractivity contribution is 6.33. The van der Waals surface area contributed by atoms with Gasteiger partial charge in [-0.3, -0.25) is 4.79 Å². The molecule has 1 aromatic carbocycles. The fourth-order valence-corrected chi connectivity index (χ4v) is 1.79. The van der Waals surface area contributed by atoms with Crippen LogP contribution in [0.15, 0.2) is 18.2 Å². The van der Waals surface area contributed by atoms with Crippen LogP contribution in [0.4, 0.5) is 0 Å². The lowest BCUT2D eigenvalue weighted by Crippen LogP contribution is -2.32. The minimum atomic E-state index is -0.117. The van der Waals surface area contributed by atoms with E-state index in [0.717, 1.165) is 25.1 Å². The molecule has 1 rings (SSSR count). The molecule has 1 aromatic rings. The van der Waals surface area contributed by atoms with Crippen molar-refractivity contribution in [1.82, 2.24) is 10.6 Å². The molecular weight excluding hydrogens is 236 g/mol. The van der Waals surface area contributed by atoms with E-state index in [1.54, 1.807) is 12.1 Å². The third-order valence-corrected chi connectivity index (χ3v) is 2.70. The third-order valence-electron chi connectivity index (χ3n) is 2.38. The van der Waals surface area contributed by atoms with Crippen molar-refractivity contribution in [1.29, 1.82) is 0 Å². The number of hydrogen-bond donors (Lipinski definition) is 2. The molecule has 2 N–H and O–H groups in total. The molecule has 3 nitrogen and oxygen atoms in total. The van der Waals surface area contributed by atoms with E-state index in [9.17, 15) is 4.79 Å². The molecule has 0 aromatic heterocycles. The first kappa shape index (κ1) is 14.0. The summed E-state index contributed by atoms with van der Waals surface area (Å²) in [5.74, 6) is -0.117. The molecule has 17 heavy (non-hydrogen) atoms. The van der Waals surface area contributed by atoms with E-state index in [1.165, 1.54) is 0 Å². The normalized spacial score (nSPS) is 10.3. The number of halogens is 1. The fraction of sp³-hybridized carbons (Fsp3) is 0.462. The first-order valence-electron chi connectivity index (χ1n) is 5.90. The molecule has 0 saturated heterocycles. The van der Waals surface area contributed by atoms with Crippen molar-refractivity contribution in [2.45, 2.75) is 20.3 Å². The molecular formula is C13H19ClN2O. The molecule has 0 bridgehead atoms. The predicted molar refractivity (Wildman–Crippen MR) is 71.7 cm³/mol. The maximum Gasteiger partial charge on any atom is 0.252 e. The number of nitrogens with one attached hydrogen (secondary N) is 2. The molecule has 0 aliphatic carbocycles. The summed E-state index contributed by atoms with van der Waals surface area (Å²) in [6.45, 7) is 6.42. The first-order chi connectivity index (χ1) is 8.15. The zero-order chi connectivity index (χ0) is 12.7. The van der Waals surface area contributed by atoms with E-state index in [2.05, 4.69) is 17.6 Å². The maximum absolute atomic E-state index is 11.8. The number of hydrogen-bond acceptors (Lipinski definition) is 2. The summed E-state index contributed by atoms with van der Waals surface area (Å²) in [7, 11) is 0. The van der Waals surface area contributed by atoms with E-state index in [4.69, 9.17) is 11.6 Å². The van der Waals surface area contributed by atoms with Crippen molar-refractivity contribution in [2.75, 3.05) is 19.6 Å².